The molecule has 0 aliphatic carbocycles. The Morgan fingerprint density at radius 3 is 2.76 bits per heavy atom. The van der Waals surface area contributed by atoms with Crippen LogP contribution in [0.15, 0.2) is 40.9 Å². The second-order valence-corrected chi connectivity index (χ2v) is 5.56. The van der Waals surface area contributed by atoms with Crippen LogP contribution in [0.25, 0.3) is 0 Å². The lowest BCUT2D eigenvalue weighted by atomic mass is 10.2. The Morgan fingerprint density at radius 2 is 2.10 bits per heavy atom. The van der Waals surface area contributed by atoms with E-state index in [2.05, 4.69) is 21.2 Å². The highest BCUT2D eigenvalue weighted by molar-refractivity contribution is 9.10. The first-order valence-corrected chi connectivity index (χ1v) is 7.18. The number of nitro groups is 1. The summed E-state index contributed by atoms with van der Waals surface area (Å²) in [6.07, 6.45) is 0. The van der Waals surface area contributed by atoms with Crippen molar-refractivity contribution in [2.24, 2.45) is 0 Å². The highest BCUT2D eigenvalue weighted by Crippen LogP contribution is 2.29. The molecule has 0 bridgehead atoms. The minimum Gasteiger partial charge on any atom is -0.490 e. The topological polar surface area (TPSA) is 64.4 Å². The normalized spacial score (nSPS) is 10.2. The molecule has 2 aromatic carbocycles. The summed E-state index contributed by atoms with van der Waals surface area (Å²) in [6.45, 7) is 0.418. The van der Waals surface area contributed by atoms with Gasteiger partial charge in [-0.3, -0.25) is 10.1 Å². The number of nitrogens with one attached hydrogen (secondary N) is 1. The maximum atomic E-state index is 11.0. The van der Waals surface area contributed by atoms with E-state index in [0.29, 0.717) is 11.6 Å². The monoisotopic (exact) mass is 370 g/mol. The summed E-state index contributed by atoms with van der Waals surface area (Å²) in [4.78, 5) is 10.5. The van der Waals surface area contributed by atoms with Crippen molar-refractivity contribution in [2.45, 2.75) is 6.54 Å². The van der Waals surface area contributed by atoms with E-state index in [9.17, 15) is 10.1 Å². The zero-order valence-corrected chi connectivity index (χ0v) is 13.4. The Bertz CT molecular complexity index is 679. The van der Waals surface area contributed by atoms with Gasteiger partial charge in [0, 0.05) is 17.1 Å². The van der Waals surface area contributed by atoms with Crippen LogP contribution in [0.3, 0.4) is 0 Å². The molecular weight excluding hydrogens is 360 g/mol. The van der Waals surface area contributed by atoms with Crippen LogP contribution in [0, 0.1) is 10.1 Å². The number of methoxy groups -OCH3 is 1. The van der Waals surface area contributed by atoms with Crippen LogP contribution in [-0.2, 0) is 6.54 Å². The summed E-state index contributed by atoms with van der Waals surface area (Å²) in [6, 6.07) is 10.3. The molecule has 0 saturated heterocycles. The lowest BCUT2D eigenvalue weighted by Crippen LogP contribution is -2.02. The van der Waals surface area contributed by atoms with E-state index in [1.165, 1.54) is 13.2 Å². The number of nitrogens with zero attached hydrogens (tertiary/aromatic N) is 1. The van der Waals surface area contributed by atoms with Crippen molar-refractivity contribution in [1.29, 1.82) is 0 Å². The predicted octanol–water partition coefficient (Wildman–Crippen LogP) is 4.63. The van der Waals surface area contributed by atoms with Crippen LogP contribution in [0.1, 0.15) is 5.56 Å². The standard InChI is InChI=1S/C14H12BrClN2O3/c1-21-14-5-2-9(6-13(14)18(19)20)8-17-12-7-10(15)3-4-11(12)16/h2-7,17H,8H2,1H3. The van der Waals surface area contributed by atoms with Gasteiger partial charge < -0.3 is 10.1 Å². The van der Waals surface area contributed by atoms with Crippen LogP contribution in [-0.4, -0.2) is 12.0 Å². The molecule has 110 valence electrons. The van der Waals surface area contributed by atoms with E-state index in [-0.39, 0.29) is 11.4 Å². The fourth-order valence-electron chi connectivity index (χ4n) is 1.82. The zero-order chi connectivity index (χ0) is 15.4. The Labute approximate surface area is 135 Å². The lowest BCUT2D eigenvalue weighted by Gasteiger charge is -2.10. The van der Waals surface area contributed by atoms with Crippen molar-refractivity contribution in [2.75, 3.05) is 12.4 Å². The number of halogens is 2. The van der Waals surface area contributed by atoms with E-state index in [1.54, 1.807) is 18.2 Å². The molecule has 0 radical (unpaired) electrons. The van der Waals surface area contributed by atoms with Crippen LogP contribution >= 0.6 is 27.5 Å². The summed E-state index contributed by atoms with van der Waals surface area (Å²) in [5.74, 6) is 0.240. The third-order valence-electron chi connectivity index (χ3n) is 2.85. The fourth-order valence-corrected chi connectivity index (χ4v) is 2.36. The number of nitro benzene ring substituents is 1. The summed E-state index contributed by atoms with van der Waals surface area (Å²) in [7, 11) is 1.40. The van der Waals surface area contributed by atoms with E-state index >= 15 is 0 Å². The number of hydrogen-bond donors (Lipinski definition) is 1. The minimum absolute atomic E-state index is 0.0582. The van der Waals surface area contributed by atoms with Gasteiger partial charge in [-0.2, -0.15) is 0 Å². The first-order chi connectivity index (χ1) is 10.0. The van der Waals surface area contributed by atoms with E-state index < -0.39 is 4.92 Å². The molecule has 7 heteroatoms. The molecule has 0 saturated carbocycles. The summed E-state index contributed by atoms with van der Waals surface area (Å²) >= 11 is 9.45. The van der Waals surface area contributed by atoms with Crippen molar-refractivity contribution in [1.82, 2.24) is 0 Å². The van der Waals surface area contributed by atoms with E-state index in [0.717, 1.165) is 15.7 Å². The summed E-state index contributed by atoms with van der Waals surface area (Å²) in [5, 5.41) is 14.7. The molecule has 0 amide bonds. The van der Waals surface area contributed by atoms with Gasteiger partial charge in [0.2, 0.25) is 0 Å². The SMILES string of the molecule is COc1ccc(CNc2cc(Br)ccc2Cl)cc1[N+](=O)[O-]. The molecule has 0 aliphatic heterocycles. The van der Waals surface area contributed by atoms with Gasteiger partial charge in [-0.05, 0) is 29.8 Å². The van der Waals surface area contributed by atoms with Gasteiger partial charge in [0.1, 0.15) is 0 Å². The lowest BCUT2D eigenvalue weighted by molar-refractivity contribution is -0.385. The number of ether oxygens (including phenoxy) is 1. The first kappa shape index (κ1) is 15.6. The van der Waals surface area contributed by atoms with Gasteiger partial charge in [0.15, 0.2) is 5.75 Å². The van der Waals surface area contributed by atoms with Crippen molar-refractivity contribution in [3.05, 3.63) is 61.6 Å². The Balaban J connectivity index is 2.18. The Hall–Kier alpha value is -1.79. The molecule has 21 heavy (non-hydrogen) atoms. The second-order valence-electron chi connectivity index (χ2n) is 4.24. The maximum Gasteiger partial charge on any atom is 0.311 e. The smallest absolute Gasteiger partial charge is 0.311 e. The molecule has 0 aromatic heterocycles. The Kier molecular flexibility index (Phi) is 5.03. The minimum atomic E-state index is -0.464. The molecule has 2 aromatic rings. The van der Waals surface area contributed by atoms with Gasteiger partial charge in [-0.1, -0.05) is 33.6 Å². The number of anilines is 1. The van der Waals surface area contributed by atoms with Crippen LogP contribution in [0.2, 0.25) is 5.02 Å². The molecule has 0 spiro atoms. The molecule has 0 atom stereocenters. The van der Waals surface area contributed by atoms with Crippen LogP contribution in [0.4, 0.5) is 11.4 Å². The van der Waals surface area contributed by atoms with Gasteiger partial charge in [0.05, 0.1) is 22.7 Å². The van der Waals surface area contributed by atoms with Crippen molar-refractivity contribution < 1.29 is 9.66 Å². The average molecular weight is 372 g/mol. The largest absolute Gasteiger partial charge is 0.490 e. The molecule has 0 aliphatic rings. The predicted molar refractivity (Wildman–Crippen MR) is 86.1 cm³/mol. The third-order valence-corrected chi connectivity index (χ3v) is 3.67. The average Bonchev–Trinajstić information content (AvgIpc) is 2.47. The van der Waals surface area contributed by atoms with Crippen molar-refractivity contribution in [3.8, 4) is 5.75 Å². The van der Waals surface area contributed by atoms with Gasteiger partial charge in [-0.25, -0.2) is 0 Å². The van der Waals surface area contributed by atoms with Crippen molar-refractivity contribution >= 4 is 38.9 Å². The number of hydrogen-bond acceptors (Lipinski definition) is 4. The Morgan fingerprint density at radius 1 is 1.33 bits per heavy atom. The van der Waals surface area contributed by atoms with Crippen LogP contribution < -0.4 is 10.1 Å². The molecule has 0 heterocycles. The molecule has 2 rings (SSSR count). The molecular formula is C14H12BrClN2O3. The number of benzene rings is 2. The second kappa shape index (κ2) is 6.78. The molecule has 0 fully saturated rings. The quantitative estimate of drug-likeness (QED) is 0.614. The maximum absolute atomic E-state index is 11.0. The van der Waals surface area contributed by atoms with Crippen molar-refractivity contribution in [3.63, 3.8) is 0 Å². The zero-order valence-electron chi connectivity index (χ0n) is 11.1. The highest BCUT2D eigenvalue weighted by atomic mass is 79.9. The van der Waals surface area contributed by atoms with Gasteiger partial charge in [0.25, 0.3) is 0 Å². The van der Waals surface area contributed by atoms with Gasteiger partial charge in [-0.15, -0.1) is 0 Å². The fraction of sp³-hybridized carbons (Fsp3) is 0.143. The molecule has 1 N–H and O–H groups in total. The third kappa shape index (κ3) is 3.86. The summed E-state index contributed by atoms with van der Waals surface area (Å²) in [5.41, 5.74) is 1.46. The van der Waals surface area contributed by atoms with Crippen LogP contribution in [0.5, 0.6) is 5.75 Å². The van der Waals surface area contributed by atoms with E-state index in [1.807, 2.05) is 12.1 Å². The molecule has 5 nitrogen and oxygen atoms in total. The van der Waals surface area contributed by atoms with Gasteiger partial charge >= 0.3 is 5.69 Å². The molecule has 0 unspecified atom stereocenters. The summed E-state index contributed by atoms with van der Waals surface area (Å²) < 4.78 is 5.87. The first-order valence-electron chi connectivity index (χ1n) is 6.01. The van der Waals surface area contributed by atoms with E-state index in [4.69, 9.17) is 16.3 Å². The highest BCUT2D eigenvalue weighted by Gasteiger charge is 2.15. The number of rotatable bonds is 5.